The molecule has 4 aliphatic carbocycles. The van der Waals surface area contributed by atoms with E-state index in [1.165, 1.54) is 19.3 Å². The molecule has 1 aromatic rings. The van der Waals surface area contributed by atoms with Crippen molar-refractivity contribution < 1.29 is 14.6 Å². The summed E-state index contributed by atoms with van der Waals surface area (Å²) >= 11 is 0. The van der Waals surface area contributed by atoms with Crippen LogP contribution in [0.1, 0.15) is 70.8 Å². The topological polar surface area (TPSA) is 46.5 Å². The number of rotatable bonds is 2. The summed E-state index contributed by atoms with van der Waals surface area (Å²) in [6.07, 6.45) is 10.8. The Morgan fingerprint density at radius 1 is 1.03 bits per heavy atom. The van der Waals surface area contributed by atoms with Crippen LogP contribution in [-0.4, -0.2) is 24.1 Å². The fourth-order valence-electron chi connectivity index (χ4n) is 7.94. The third kappa shape index (κ3) is 2.99. The molecule has 5 rings (SSSR count). The first-order chi connectivity index (χ1) is 14.3. The van der Waals surface area contributed by atoms with Gasteiger partial charge in [0.05, 0.1) is 13.2 Å². The van der Waals surface area contributed by atoms with E-state index in [1.54, 1.807) is 7.11 Å². The number of aliphatic hydroxyl groups is 1. The van der Waals surface area contributed by atoms with Crippen molar-refractivity contribution in [3.63, 3.8) is 0 Å². The number of carbonyl (C=O) groups is 1. The molecular formula is C27H36O3. The van der Waals surface area contributed by atoms with E-state index >= 15 is 0 Å². The van der Waals surface area contributed by atoms with Crippen LogP contribution < -0.4 is 4.74 Å². The normalized spacial score (nSPS) is 44.3. The number of allylic oxidation sites excluding steroid dienone is 1. The maximum Gasteiger partial charge on any atom is 0.165 e. The number of methoxy groups -OCH3 is 1. The number of ketones is 1. The molecule has 1 N–H and O–H groups in total. The molecule has 4 saturated carbocycles. The molecule has 0 heterocycles. The van der Waals surface area contributed by atoms with Gasteiger partial charge >= 0.3 is 0 Å². The lowest BCUT2D eigenvalue weighted by Gasteiger charge is -2.59. The quantitative estimate of drug-likeness (QED) is 0.642. The highest BCUT2D eigenvalue weighted by atomic mass is 16.5. The lowest BCUT2D eigenvalue weighted by molar-refractivity contribution is -0.141. The fourth-order valence-corrected chi connectivity index (χ4v) is 7.94. The number of aliphatic hydroxyl groups excluding tert-OH is 1. The van der Waals surface area contributed by atoms with Crippen LogP contribution >= 0.6 is 0 Å². The molecule has 7 atom stereocenters. The van der Waals surface area contributed by atoms with Crippen LogP contribution in [0.4, 0.5) is 0 Å². The first-order valence-electron chi connectivity index (χ1n) is 11.9. The first-order valence-corrected chi connectivity index (χ1v) is 11.9. The predicted octanol–water partition coefficient (Wildman–Crippen LogP) is 5.66. The zero-order valence-corrected chi connectivity index (χ0v) is 18.7. The van der Waals surface area contributed by atoms with Gasteiger partial charge in [-0.05, 0) is 110 Å². The largest absolute Gasteiger partial charge is 0.497 e. The fraction of sp³-hybridized carbons (Fsp3) is 0.667. The number of benzene rings is 1. The van der Waals surface area contributed by atoms with Crippen molar-refractivity contribution in [2.45, 2.75) is 71.3 Å². The van der Waals surface area contributed by atoms with Crippen LogP contribution in [0.25, 0.3) is 6.08 Å². The second-order valence-corrected chi connectivity index (χ2v) is 11.0. The first kappa shape index (κ1) is 20.3. The summed E-state index contributed by atoms with van der Waals surface area (Å²) in [6.45, 7) is 4.76. The Bertz CT molecular complexity index is 855. The summed E-state index contributed by atoms with van der Waals surface area (Å²) in [5, 5.41) is 10.2. The summed E-state index contributed by atoms with van der Waals surface area (Å²) in [7, 11) is 1.68. The molecule has 3 heteroatoms. The third-order valence-corrected chi connectivity index (χ3v) is 9.73. The van der Waals surface area contributed by atoms with E-state index in [9.17, 15) is 9.90 Å². The SMILES string of the molecule is COc1ccc(/C=C2/C[C@@H]3[C@H]4CC[C@H]5C[C@H](O)CC[C@]5(C)[C@@H]4CC[C@@]3(C)C2=O)cc1. The van der Waals surface area contributed by atoms with E-state index in [0.717, 1.165) is 54.9 Å². The second kappa shape index (κ2) is 7.22. The molecule has 4 aliphatic rings. The number of ether oxygens (including phenoxy) is 1. The van der Waals surface area contributed by atoms with E-state index in [4.69, 9.17) is 4.74 Å². The van der Waals surface area contributed by atoms with Crippen LogP contribution in [0.15, 0.2) is 29.8 Å². The van der Waals surface area contributed by atoms with E-state index in [2.05, 4.69) is 19.9 Å². The molecule has 3 nitrogen and oxygen atoms in total. The molecule has 0 spiro atoms. The van der Waals surface area contributed by atoms with Crippen LogP contribution in [0, 0.1) is 34.5 Å². The van der Waals surface area contributed by atoms with E-state index < -0.39 is 0 Å². The summed E-state index contributed by atoms with van der Waals surface area (Å²) in [5.41, 5.74) is 2.29. The molecule has 0 aliphatic heterocycles. The van der Waals surface area contributed by atoms with Crippen molar-refractivity contribution in [1.82, 2.24) is 0 Å². The summed E-state index contributed by atoms with van der Waals surface area (Å²) in [4.78, 5) is 13.5. The molecule has 0 bridgehead atoms. The van der Waals surface area contributed by atoms with E-state index in [-0.39, 0.29) is 11.5 Å². The van der Waals surface area contributed by atoms with Crippen molar-refractivity contribution >= 4 is 11.9 Å². The summed E-state index contributed by atoms with van der Waals surface area (Å²) < 4.78 is 5.27. The number of carbonyl (C=O) groups excluding carboxylic acids is 1. The molecule has 162 valence electrons. The Morgan fingerprint density at radius 2 is 1.80 bits per heavy atom. The number of hydrogen-bond acceptors (Lipinski definition) is 3. The van der Waals surface area contributed by atoms with Gasteiger partial charge in [-0.15, -0.1) is 0 Å². The van der Waals surface area contributed by atoms with Gasteiger partial charge in [0.25, 0.3) is 0 Å². The molecule has 4 fully saturated rings. The van der Waals surface area contributed by atoms with Crippen LogP contribution in [-0.2, 0) is 4.79 Å². The Kier molecular flexibility index (Phi) is 4.89. The second-order valence-electron chi connectivity index (χ2n) is 11.0. The number of fused-ring (bicyclic) bond motifs is 5. The van der Waals surface area contributed by atoms with Crippen LogP contribution in [0.2, 0.25) is 0 Å². The molecule has 0 unspecified atom stereocenters. The number of hydrogen-bond donors (Lipinski definition) is 1. The minimum atomic E-state index is -0.184. The number of Topliss-reactive ketones (excluding diaryl/α,β-unsaturated/α-hetero) is 1. The van der Waals surface area contributed by atoms with Gasteiger partial charge in [0.2, 0.25) is 0 Å². The van der Waals surface area contributed by atoms with Crippen LogP contribution in [0.3, 0.4) is 0 Å². The van der Waals surface area contributed by atoms with E-state index in [1.807, 2.05) is 24.3 Å². The highest BCUT2D eigenvalue weighted by molar-refractivity contribution is 6.05. The Balaban J connectivity index is 1.42. The van der Waals surface area contributed by atoms with Gasteiger partial charge in [-0.3, -0.25) is 4.79 Å². The molecule has 0 saturated heterocycles. The van der Waals surface area contributed by atoms with Gasteiger partial charge in [-0.2, -0.15) is 0 Å². The van der Waals surface area contributed by atoms with E-state index in [0.29, 0.717) is 29.0 Å². The standard InChI is InChI=1S/C27H36O3/c1-26-12-10-20(28)16-19(26)6-9-22-23(26)11-13-27(2)24(22)15-18(25(27)29)14-17-4-7-21(30-3)8-5-17/h4-5,7-8,14,19-20,22-24,28H,6,9-13,15-16H2,1-3H3/b18-14-/t19-,20+,22-,23+,24+,26-,27+/m0/s1. The van der Waals surface area contributed by atoms with Crippen molar-refractivity contribution in [3.8, 4) is 5.75 Å². The third-order valence-electron chi connectivity index (χ3n) is 9.73. The molecule has 0 amide bonds. The van der Waals surface area contributed by atoms with Gasteiger partial charge in [0.15, 0.2) is 5.78 Å². The van der Waals surface area contributed by atoms with Gasteiger partial charge in [0, 0.05) is 5.41 Å². The predicted molar refractivity (Wildman–Crippen MR) is 119 cm³/mol. The molecular weight excluding hydrogens is 372 g/mol. The average molecular weight is 409 g/mol. The van der Waals surface area contributed by atoms with Crippen molar-refractivity contribution in [2.24, 2.45) is 34.5 Å². The van der Waals surface area contributed by atoms with Gasteiger partial charge in [-0.1, -0.05) is 26.0 Å². The Labute approximate surface area is 180 Å². The van der Waals surface area contributed by atoms with Crippen molar-refractivity contribution in [2.75, 3.05) is 7.11 Å². The lowest BCUT2D eigenvalue weighted by Crippen LogP contribution is -2.54. The maximum absolute atomic E-state index is 13.5. The van der Waals surface area contributed by atoms with Gasteiger partial charge in [-0.25, -0.2) is 0 Å². The van der Waals surface area contributed by atoms with Crippen molar-refractivity contribution in [1.29, 1.82) is 0 Å². The molecule has 30 heavy (non-hydrogen) atoms. The molecule has 0 radical (unpaired) electrons. The molecule has 0 aromatic heterocycles. The smallest absolute Gasteiger partial charge is 0.165 e. The monoisotopic (exact) mass is 408 g/mol. The zero-order valence-electron chi connectivity index (χ0n) is 18.7. The van der Waals surface area contributed by atoms with Gasteiger partial charge < -0.3 is 9.84 Å². The summed E-state index contributed by atoms with van der Waals surface area (Å²) in [5.74, 6) is 3.77. The minimum Gasteiger partial charge on any atom is -0.497 e. The molecule has 1 aromatic carbocycles. The highest BCUT2D eigenvalue weighted by Gasteiger charge is 2.61. The minimum absolute atomic E-state index is 0.0967. The highest BCUT2D eigenvalue weighted by Crippen LogP contribution is 2.66. The van der Waals surface area contributed by atoms with Crippen molar-refractivity contribution in [3.05, 3.63) is 35.4 Å². The zero-order chi connectivity index (χ0) is 21.1. The maximum atomic E-state index is 13.5. The van der Waals surface area contributed by atoms with Gasteiger partial charge in [0.1, 0.15) is 5.75 Å². The van der Waals surface area contributed by atoms with Crippen LogP contribution in [0.5, 0.6) is 5.75 Å². The Hall–Kier alpha value is -1.61. The Morgan fingerprint density at radius 3 is 2.53 bits per heavy atom. The lowest BCUT2D eigenvalue weighted by atomic mass is 9.45. The average Bonchev–Trinajstić information content (AvgIpc) is 3.00. The summed E-state index contributed by atoms with van der Waals surface area (Å²) in [6, 6.07) is 8.03.